The van der Waals surface area contributed by atoms with Crippen LogP contribution in [0.25, 0.3) is 0 Å². The van der Waals surface area contributed by atoms with Crippen LogP contribution in [0.5, 0.6) is 0 Å². The van der Waals surface area contributed by atoms with Crippen LogP contribution in [-0.4, -0.2) is 64.9 Å². The first-order valence-electron chi connectivity index (χ1n) is 9.88. The fraction of sp³-hybridized carbons (Fsp3) is 0.737. The second-order valence-electron chi connectivity index (χ2n) is 8.05. The summed E-state index contributed by atoms with van der Waals surface area (Å²) in [4.78, 5) is 60.1. The van der Waals surface area contributed by atoms with Gasteiger partial charge in [0.1, 0.15) is 24.2 Å². The predicted octanol–water partition coefficient (Wildman–Crippen LogP) is -1.29. The maximum Gasteiger partial charge on any atom is 0.326 e. The molecule has 0 aromatic carbocycles. The number of rotatable bonds is 11. The number of hydrogen-bond acceptors (Lipinski definition) is 6. The Bertz CT molecular complexity index is 649. The summed E-state index contributed by atoms with van der Waals surface area (Å²) < 4.78 is 0. The van der Waals surface area contributed by atoms with Gasteiger partial charge in [-0.2, -0.15) is 0 Å². The number of nitrogens with one attached hydrogen (secondary N) is 4. The molecule has 0 heterocycles. The van der Waals surface area contributed by atoms with Gasteiger partial charge in [-0.25, -0.2) is 4.79 Å². The van der Waals surface area contributed by atoms with Crippen molar-refractivity contribution in [2.45, 2.75) is 78.7 Å². The number of aliphatic carboxylic acids is 1. The van der Waals surface area contributed by atoms with E-state index in [0.717, 1.165) is 0 Å². The highest BCUT2D eigenvalue weighted by molar-refractivity contribution is 5.95. The van der Waals surface area contributed by atoms with Crippen molar-refractivity contribution >= 4 is 29.6 Å². The van der Waals surface area contributed by atoms with Crippen LogP contribution in [0.4, 0.5) is 0 Å². The smallest absolute Gasteiger partial charge is 0.326 e. The minimum Gasteiger partial charge on any atom is -0.480 e. The summed E-state index contributed by atoms with van der Waals surface area (Å²) in [6.07, 6.45) is 0. The average Bonchev–Trinajstić information content (AvgIpc) is 2.62. The van der Waals surface area contributed by atoms with E-state index < -0.39 is 59.8 Å². The van der Waals surface area contributed by atoms with Crippen LogP contribution < -0.4 is 27.0 Å². The van der Waals surface area contributed by atoms with Gasteiger partial charge in [-0.3, -0.25) is 19.2 Å². The van der Waals surface area contributed by atoms with Gasteiger partial charge < -0.3 is 32.1 Å². The van der Waals surface area contributed by atoms with Crippen molar-refractivity contribution in [1.82, 2.24) is 21.3 Å². The molecule has 30 heavy (non-hydrogen) atoms. The summed E-state index contributed by atoms with van der Waals surface area (Å²) in [7, 11) is 0. The number of hydrogen-bond donors (Lipinski definition) is 6. The van der Waals surface area contributed by atoms with Crippen molar-refractivity contribution in [3.05, 3.63) is 0 Å². The zero-order valence-electron chi connectivity index (χ0n) is 18.6. The van der Waals surface area contributed by atoms with E-state index in [1.54, 1.807) is 27.7 Å². The average molecular weight is 430 g/mol. The number of carboxylic acid groups (broad SMARTS) is 1. The van der Waals surface area contributed by atoms with Crippen LogP contribution in [0.15, 0.2) is 0 Å². The number of carboxylic acids is 1. The molecule has 0 aliphatic rings. The molecule has 0 unspecified atom stereocenters. The Balaban J connectivity index is 5.02. The van der Waals surface area contributed by atoms with Crippen molar-refractivity contribution in [2.75, 3.05) is 0 Å². The van der Waals surface area contributed by atoms with Gasteiger partial charge in [-0.1, -0.05) is 27.7 Å². The molecule has 0 saturated heterocycles. The van der Waals surface area contributed by atoms with Crippen LogP contribution in [0.3, 0.4) is 0 Å². The molecule has 4 amide bonds. The Hall–Kier alpha value is -2.69. The molecule has 0 aromatic heterocycles. The lowest BCUT2D eigenvalue weighted by atomic mass is 10.00. The van der Waals surface area contributed by atoms with E-state index in [-0.39, 0.29) is 11.8 Å². The van der Waals surface area contributed by atoms with Gasteiger partial charge in [0, 0.05) is 0 Å². The van der Waals surface area contributed by atoms with Crippen molar-refractivity contribution < 1.29 is 29.1 Å². The molecule has 172 valence electrons. The molecule has 0 aliphatic heterocycles. The number of carbonyl (C=O) groups excluding carboxylic acids is 4. The summed E-state index contributed by atoms with van der Waals surface area (Å²) in [6, 6.07) is -4.78. The van der Waals surface area contributed by atoms with Crippen LogP contribution in [0.1, 0.15) is 48.5 Å². The third-order valence-corrected chi connectivity index (χ3v) is 4.40. The second kappa shape index (κ2) is 12.1. The topological polar surface area (TPSA) is 180 Å². The largest absolute Gasteiger partial charge is 0.480 e. The van der Waals surface area contributed by atoms with Crippen LogP contribution >= 0.6 is 0 Å². The van der Waals surface area contributed by atoms with Crippen molar-refractivity contribution in [1.29, 1.82) is 0 Å². The zero-order chi connectivity index (χ0) is 23.8. The monoisotopic (exact) mass is 429 g/mol. The second-order valence-corrected chi connectivity index (χ2v) is 8.05. The van der Waals surface area contributed by atoms with E-state index >= 15 is 0 Å². The highest BCUT2D eigenvalue weighted by Gasteiger charge is 2.31. The minimum absolute atomic E-state index is 0.331. The maximum absolute atomic E-state index is 12.5. The molecule has 11 heteroatoms. The Morgan fingerprint density at radius 1 is 0.600 bits per heavy atom. The first kappa shape index (κ1) is 27.3. The van der Waals surface area contributed by atoms with Crippen LogP contribution in [0.2, 0.25) is 0 Å². The molecule has 11 nitrogen and oxygen atoms in total. The molecule has 7 N–H and O–H groups in total. The third-order valence-electron chi connectivity index (χ3n) is 4.40. The summed E-state index contributed by atoms with van der Waals surface area (Å²) in [5.41, 5.74) is 5.43. The first-order valence-corrected chi connectivity index (χ1v) is 9.88. The first-order chi connectivity index (χ1) is 13.7. The molecule has 5 atom stereocenters. The highest BCUT2D eigenvalue weighted by atomic mass is 16.4. The lowest BCUT2D eigenvalue weighted by Gasteiger charge is -2.27. The molecule has 0 aromatic rings. The predicted molar refractivity (Wildman–Crippen MR) is 110 cm³/mol. The van der Waals surface area contributed by atoms with Crippen LogP contribution in [-0.2, 0) is 24.0 Å². The summed E-state index contributed by atoms with van der Waals surface area (Å²) in [6.45, 7) is 11.1. The van der Waals surface area contributed by atoms with Gasteiger partial charge in [-0.15, -0.1) is 0 Å². The lowest BCUT2D eigenvalue weighted by Crippen LogP contribution is -2.58. The van der Waals surface area contributed by atoms with Gasteiger partial charge in [0.15, 0.2) is 0 Å². The van der Waals surface area contributed by atoms with Gasteiger partial charge in [0.2, 0.25) is 23.6 Å². The Kier molecular flexibility index (Phi) is 11.0. The van der Waals surface area contributed by atoms with Crippen molar-refractivity contribution in [2.24, 2.45) is 17.6 Å². The molecule has 0 radical (unpaired) electrons. The molecular weight excluding hydrogens is 394 g/mol. The lowest BCUT2D eigenvalue weighted by molar-refractivity contribution is -0.143. The van der Waals surface area contributed by atoms with Crippen LogP contribution in [0, 0.1) is 11.8 Å². The van der Waals surface area contributed by atoms with E-state index in [1.807, 2.05) is 0 Å². The molecule has 0 saturated carbocycles. The standard InChI is InChI=1S/C19H35N5O6/c1-8(2)13(18(28)24-14(9(3)4)19(29)30)23-17(27)12(7)22-16(26)11(6)21-15(25)10(5)20/h8-14H,20H2,1-7H3,(H,21,25)(H,22,26)(H,23,27)(H,24,28)(H,29,30)/t10-,11-,12-,13-,14-/m0/s1. The van der Waals surface area contributed by atoms with E-state index in [1.165, 1.54) is 20.8 Å². The number of amides is 4. The fourth-order valence-electron chi connectivity index (χ4n) is 2.38. The van der Waals surface area contributed by atoms with E-state index in [9.17, 15) is 29.1 Å². The fourth-order valence-corrected chi connectivity index (χ4v) is 2.38. The molecule has 0 fully saturated rings. The van der Waals surface area contributed by atoms with Gasteiger partial charge >= 0.3 is 5.97 Å². The summed E-state index contributed by atoms with van der Waals surface area (Å²) in [5.74, 6) is -4.21. The molecular formula is C19H35N5O6. The van der Waals surface area contributed by atoms with Gasteiger partial charge in [0.05, 0.1) is 6.04 Å². The molecule has 0 spiro atoms. The highest BCUT2D eigenvalue weighted by Crippen LogP contribution is 2.07. The normalized spacial score (nSPS) is 16.1. The van der Waals surface area contributed by atoms with Gasteiger partial charge in [0.25, 0.3) is 0 Å². The summed E-state index contributed by atoms with van der Waals surface area (Å²) >= 11 is 0. The minimum atomic E-state index is -1.17. The number of nitrogens with two attached hydrogens (primary N) is 1. The third kappa shape index (κ3) is 8.76. The van der Waals surface area contributed by atoms with Crippen molar-refractivity contribution in [3.8, 4) is 0 Å². The molecule has 0 bridgehead atoms. The Labute approximate surface area is 176 Å². The molecule has 0 aliphatic carbocycles. The zero-order valence-corrected chi connectivity index (χ0v) is 18.6. The quantitative estimate of drug-likeness (QED) is 0.236. The maximum atomic E-state index is 12.5. The Morgan fingerprint density at radius 3 is 1.33 bits per heavy atom. The van der Waals surface area contributed by atoms with Gasteiger partial charge in [-0.05, 0) is 32.6 Å². The van der Waals surface area contributed by atoms with Crippen molar-refractivity contribution in [3.63, 3.8) is 0 Å². The van der Waals surface area contributed by atoms with E-state index in [2.05, 4.69) is 21.3 Å². The SMILES string of the molecule is CC(C)[C@H](NC(=O)[C@@H](NC(=O)[C@H](C)NC(=O)[C@H](C)NC(=O)[C@H](C)N)C(C)C)C(=O)O. The van der Waals surface area contributed by atoms with E-state index in [4.69, 9.17) is 5.73 Å². The van der Waals surface area contributed by atoms with E-state index in [0.29, 0.717) is 0 Å². The molecule has 0 rings (SSSR count). The Morgan fingerprint density at radius 2 is 0.967 bits per heavy atom. The summed E-state index contributed by atoms with van der Waals surface area (Å²) in [5, 5.41) is 19.1. The number of carbonyl (C=O) groups is 5.